The molecule has 1 rings (SSSR count). The Hall–Kier alpha value is -1.74. The first-order valence-electron chi connectivity index (χ1n) is 5.25. The summed E-state index contributed by atoms with van der Waals surface area (Å²) in [7, 11) is 0. The number of halogens is 3. The second-order valence-electron chi connectivity index (χ2n) is 3.44. The summed E-state index contributed by atoms with van der Waals surface area (Å²) in [6.07, 6.45) is -2.25. The lowest BCUT2D eigenvalue weighted by molar-refractivity contribution is -0.136. The second-order valence-corrected chi connectivity index (χ2v) is 3.44. The molecular weight excluding hydrogens is 247 g/mol. The van der Waals surface area contributed by atoms with E-state index in [1.54, 1.807) is 6.07 Å². The highest BCUT2D eigenvalue weighted by atomic mass is 19.4. The topological polar surface area (TPSA) is 42.4 Å². The van der Waals surface area contributed by atoms with Crippen LogP contribution in [0.2, 0.25) is 0 Å². The van der Waals surface area contributed by atoms with Gasteiger partial charge in [-0.25, -0.2) is 0 Å². The molecule has 0 aliphatic carbocycles. The quantitative estimate of drug-likeness (QED) is 0.665. The molecule has 0 radical (unpaired) electrons. The smallest absolute Gasteiger partial charge is 0.389 e. The second kappa shape index (κ2) is 6.87. The van der Waals surface area contributed by atoms with Gasteiger partial charge in [0.1, 0.15) is 12.4 Å². The van der Waals surface area contributed by atoms with Gasteiger partial charge in [-0.1, -0.05) is 11.8 Å². The Morgan fingerprint density at radius 2 is 2.11 bits per heavy atom. The molecule has 0 saturated carbocycles. The standard InChI is InChI=1S/C12H12F3NO2/c13-12(14,15)4-2-6-18-11-7-10(3-1-5-17)8-16-9-11/h7-9,17H,2,4-6H2. The van der Waals surface area contributed by atoms with Crippen molar-refractivity contribution in [2.75, 3.05) is 13.2 Å². The molecule has 0 amide bonds. The molecule has 0 fully saturated rings. The van der Waals surface area contributed by atoms with Gasteiger partial charge in [0.05, 0.1) is 12.8 Å². The summed E-state index contributed by atoms with van der Waals surface area (Å²) >= 11 is 0. The van der Waals surface area contributed by atoms with Crippen molar-refractivity contribution in [1.82, 2.24) is 4.98 Å². The average molecular weight is 259 g/mol. The van der Waals surface area contributed by atoms with Crippen molar-refractivity contribution in [3.05, 3.63) is 24.0 Å². The van der Waals surface area contributed by atoms with Gasteiger partial charge in [0.25, 0.3) is 0 Å². The van der Waals surface area contributed by atoms with Crippen LogP contribution in [0, 0.1) is 11.8 Å². The molecular formula is C12H12F3NO2. The van der Waals surface area contributed by atoms with Crippen molar-refractivity contribution >= 4 is 0 Å². The summed E-state index contributed by atoms with van der Waals surface area (Å²) < 4.78 is 40.8. The van der Waals surface area contributed by atoms with Crippen LogP contribution in [0.5, 0.6) is 5.75 Å². The van der Waals surface area contributed by atoms with E-state index in [4.69, 9.17) is 9.84 Å². The van der Waals surface area contributed by atoms with Gasteiger partial charge >= 0.3 is 6.18 Å². The van der Waals surface area contributed by atoms with Crippen LogP contribution in [0.4, 0.5) is 13.2 Å². The average Bonchev–Trinajstić information content (AvgIpc) is 2.31. The Balaban J connectivity index is 2.43. The molecule has 0 unspecified atom stereocenters. The molecule has 1 N–H and O–H groups in total. The Bertz CT molecular complexity index is 435. The molecule has 0 spiro atoms. The lowest BCUT2D eigenvalue weighted by Crippen LogP contribution is -2.09. The summed E-state index contributed by atoms with van der Waals surface area (Å²) in [5.41, 5.74) is 0.539. The van der Waals surface area contributed by atoms with Gasteiger partial charge in [-0.15, -0.1) is 0 Å². The molecule has 18 heavy (non-hydrogen) atoms. The monoisotopic (exact) mass is 259 g/mol. The molecule has 6 heteroatoms. The van der Waals surface area contributed by atoms with E-state index in [0.717, 1.165) is 0 Å². The summed E-state index contributed by atoms with van der Waals surface area (Å²) in [5, 5.41) is 8.51. The Labute approximate surface area is 103 Å². The molecule has 1 aromatic heterocycles. The van der Waals surface area contributed by atoms with E-state index in [-0.39, 0.29) is 19.6 Å². The van der Waals surface area contributed by atoms with Crippen LogP contribution in [0.25, 0.3) is 0 Å². The van der Waals surface area contributed by atoms with Crippen LogP contribution in [0.3, 0.4) is 0 Å². The van der Waals surface area contributed by atoms with Gasteiger partial charge in [0, 0.05) is 18.2 Å². The maximum absolute atomic E-state index is 11.9. The van der Waals surface area contributed by atoms with Crippen LogP contribution < -0.4 is 4.74 Å². The summed E-state index contributed by atoms with van der Waals surface area (Å²) in [5.74, 6) is 5.43. The maximum atomic E-state index is 11.9. The van der Waals surface area contributed by atoms with Gasteiger partial charge in [0.2, 0.25) is 0 Å². The lowest BCUT2D eigenvalue weighted by atomic mass is 10.3. The highest BCUT2D eigenvalue weighted by molar-refractivity contribution is 5.36. The van der Waals surface area contributed by atoms with Crippen molar-refractivity contribution in [2.24, 2.45) is 0 Å². The number of aliphatic hydroxyl groups excluding tert-OH is 1. The number of hydrogen-bond donors (Lipinski definition) is 1. The zero-order valence-corrected chi connectivity index (χ0v) is 9.50. The summed E-state index contributed by atoms with van der Waals surface area (Å²) in [6, 6.07) is 1.56. The number of nitrogens with zero attached hydrogens (tertiary/aromatic N) is 1. The SMILES string of the molecule is OCC#Cc1cncc(OCCCC(F)(F)F)c1. The summed E-state index contributed by atoms with van der Waals surface area (Å²) in [4.78, 5) is 3.83. The molecule has 1 aromatic rings. The third-order valence-corrected chi connectivity index (χ3v) is 1.90. The van der Waals surface area contributed by atoms with Crippen molar-refractivity contribution < 1.29 is 23.0 Å². The van der Waals surface area contributed by atoms with E-state index in [9.17, 15) is 13.2 Å². The van der Waals surface area contributed by atoms with Crippen molar-refractivity contribution in [1.29, 1.82) is 0 Å². The van der Waals surface area contributed by atoms with Crippen LogP contribution in [-0.2, 0) is 0 Å². The third-order valence-electron chi connectivity index (χ3n) is 1.90. The predicted octanol–water partition coefficient (Wildman–Crippen LogP) is 2.15. The number of rotatable bonds is 4. The van der Waals surface area contributed by atoms with Crippen molar-refractivity contribution in [3.8, 4) is 17.6 Å². The van der Waals surface area contributed by atoms with Gasteiger partial charge in [-0.2, -0.15) is 13.2 Å². The van der Waals surface area contributed by atoms with E-state index < -0.39 is 12.6 Å². The minimum Gasteiger partial charge on any atom is -0.492 e. The first-order chi connectivity index (χ1) is 8.51. The summed E-state index contributed by atoms with van der Waals surface area (Å²) in [6.45, 7) is -0.297. The first-order valence-corrected chi connectivity index (χ1v) is 5.25. The number of alkyl halides is 3. The van der Waals surface area contributed by atoms with Crippen LogP contribution >= 0.6 is 0 Å². The van der Waals surface area contributed by atoms with Gasteiger partial charge < -0.3 is 9.84 Å². The predicted molar refractivity (Wildman–Crippen MR) is 59.0 cm³/mol. The Morgan fingerprint density at radius 1 is 1.33 bits per heavy atom. The van der Waals surface area contributed by atoms with Crippen LogP contribution in [0.15, 0.2) is 18.5 Å². The molecule has 0 aromatic carbocycles. The van der Waals surface area contributed by atoms with Crippen molar-refractivity contribution in [3.63, 3.8) is 0 Å². The van der Waals surface area contributed by atoms with Crippen molar-refractivity contribution in [2.45, 2.75) is 19.0 Å². The van der Waals surface area contributed by atoms with E-state index in [1.807, 2.05) is 0 Å². The molecule has 0 aliphatic rings. The highest BCUT2D eigenvalue weighted by Crippen LogP contribution is 2.21. The number of pyridine rings is 1. The highest BCUT2D eigenvalue weighted by Gasteiger charge is 2.26. The molecule has 0 aliphatic heterocycles. The fourth-order valence-corrected chi connectivity index (χ4v) is 1.17. The van der Waals surface area contributed by atoms with Gasteiger partial charge in [0.15, 0.2) is 0 Å². The largest absolute Gasteiger partial charge is 0.492 e. The Kier molecular flexibility index (Phi) is 5.46. The van der Waals surface area contributed by atoms with Gasteiger partial charge in [-0.3, -0.25) is 4.98 Å². The van der Waals surface area contributed by atoms with E-state index >= 15 is 0 Å². The van der Waals surface area contributed by atoms with Gasteiger partial charge in [-0.05, 0) is 12.5 Å². The molecule has 0 saturated heterocycles. The molecule has 0 bridgehead atoms. The van der Waals surface area contributed by atoms with Crippen LogP contribution in [-0.4, -0.2) is 29.5 Å². The van der Waals surface area contributed by atoms with E-state index in [2.05, 4.69) is 16.8 Å². The number of aromatic nitrogens is 1. The number of aliphatic hydroxyl groups is 1. The lowest BCUT2D eigenvalue weighted by Gasteiger charge is -2.07. The Morgan fingerprint density at radius 3 is 2.78 bits per heavy atom. The van der Waals surface area contributed by atoms with E-state index in [1.165, 1.54) is 12.4 Å². The fraction of sp³-hybridized carbons (Fsp3) is 0.417. The zero-order valence-electron chi connectivity index (χ0n) is 9.50. The normalized spacial score (nSPS) is 10.7. The first kappa shape index (κ1) is 14.3. The minimum absolute atomic E-state index is 0.0297. The van der Waals surface area contributed by atoms with Crippen LogP contribution in [0.1, 0.15) is 18.4 Å². The maximum Gasteiger partial charge on any atom is 0.389 e. The molecule has 3 nitrogen and oxygen atoms in total. The number of hydrogen-bond acceptors (Lipinski definition) is 3. The number of ether oxygens (including phenoxy) is 1. The third kappa shape index (κ3) is 6.11. The molecule has 98 valence electrons. The fourth-order valence-electron chi connectivity index (χ4n) is 1.17. The molecule has 0 atom stereocenters. The zero-order chi connectivity index (χ0) is 13.4. The van der Waals surface area contributed by atoms with E-state index in [0.29, 0.717) is 11.3 Å². The molecule has 1 heterocycles. The minimum atomic E-state index is -4.16.